The lowest BCUT2D eigenvalue weighted by Crippen LogP contribution is -1.98. The summed E-state index contributed by atoms with van der Waals surface area (Å²) in [5, 5.41) is 2.60. The number of aromatic nitrogens is 2. The van der Waals surface area contributed by atoms with Gasteiger partial charge in [-0.05, 0) is 28.5 Å². The minimum atomic E-state index is 0.849. The lowest BCUT2D eigenvalue weighted by atomic mass is 10.0. The third-order valence-electron chi connectivity index (χ3n) is 3.75. The van der Waals surface area contributed by atoms with Crippen molar-refractivity contribution in [1.82, 2.24) is 9.55 Å². The van der Waals surface area contributed by atoms with E-state index >= 15 is 0 Å². The van der Waals surface area contributed by atoms with E-state index in [1.54, 1.807) is 0 Å². The Kier molecular flexibility index (Phi) is 2.52. The van der Waals surface area contributed by atoms with Gasteiger partial charge in [-0.15, -0.1) is 0 Å². The van der Waals surface area contributed by atoms with E-state index in [0.29, 0.717) is 0 Å². The molecule has 0 aliphatic heterocycles. The third-order valence-corrected chi connectivity index (χ3v) is 3.75. The highest BCUT2D eigenvalue weighted by molar-refractivity contribution is 5.86. The van der Waals surface area contributed by atoms with Gasteiger partial charge in [0.1, 0.15) is 0 Å². The summed E-state index contributed by atoms with van der Waals surface area (Å²) < 4.78 is 2.21. The second-order valence-electron chi connectivity index (χ2n) is 5.00. The fourth-order valence-electron chi connectivity index (χ4n) is 2.75. The largest absolute Gasteiger partial charge is 0.326 e. The molecule has 0 aliphatic rings. The van der Waals surface area contributed by atoms with E-state index in [1.807, 2.05) is 12.4 Å². The first kappa shape index (κ1) is 11.2. The number of imidazole rings is 1. The van der Waals surface area contributed by atoms with E-state index in [0.717, 1.165) is 12.1 Å². The molecule has 4 aromatic rings. The maximum atomic E-state index is 4.46. The average Bonchev–Trinajstić information content (AvgIpc) is 2.91. The standard InChI is InChI=1S/C18H14N2/c1-2-9-16-14(6-1)7-5-8-15(16)12-20-13-19-17-10-3-4-11-18(17)20/h1-11,13H,12H2. The average molecular weight is 258 g/mol. The van der Waals surface area contributed by atoms with Crippen molar-refractivity contribution in [2.75, 3.05) is 0 Å². The van der Waals surface area contributed by atoms with Gasteiger partial charge in [0.05, 0.1) is 17.4 Å². The van der Waals surface area contributed by atoms with Gasteiger partial charge >= 0.3 is 0 Å². The molecule has 0 radical (unpaired) electrons. The van der Waals surface area contributed by atoms with E-state index in [1.165, 1.54) is 21.9 Å². The van der Waals surface area contributed by atoms with E-state index in [9.17, 15) is 0 Å². The molecule has 0 N–H and O–H groups in total. The normalized spacial score (nSPS) is 11.2. The quantitative estimate of drug-likeness (QED) is 0.526. The first-order chi connectivity index (χ1) is 9.92. The topological polar surface area (TPSA) is 17.8 Å². The van der Waals surface area contributed by atoms with E-state index in [2.05, 4.69) is 70.2 Å². The number of benzene rings is 3. The van der Waals surface area contributed by atoms with Crippen LogP contribution in [-0.2, 0) is 6.54 Å². The molecule has 4 rings (SSSR count). The van der Waals surface area contributed by atoms with Crippen LogP contribution in [0, 0.1) is 0 Å². The molecule has 0 saturated heterocycles. The Labute approximate surface area is 117 Å². The zero-order chi connectivity index (χ0) is 13.4. The molecule has 0 spiro atoms. The second-order valence-corrected chi connectivity index (χ2v) is 5.00. The monoisotopic (exact) mass is 258 g/mol. The zero-order valence-corrected chi connectivity index (χ0v) is 11.0. The first-order valence-corrected chi connectivity index (χ1v) is 6.78. The summed E-state index contributed by atoms with van der Waals surface area (Å²) in [6, 6.07) is 23.2. The summed E-state index contributed by atoms with van der Waals surface area (Å²) in [5.41, 5.74) is 3.56. The molecular weight excluding hydrogens is 244 g/mol. The minimum absolute atomic E-state index is 0.849. The molecule has 0 saturated carbocycles. The molecule has 20 heavy (non-hydrogen) atoms. The molecule has 0 bridgehead atoms. The van der Waals surface area contributed by atoms with Crippen LogP contribution in [0.1, 0.15) is 5.56 Å². The first-order valence-electron chi connectivity index (χ1n) is 6.78. The van der Waals surface area contributed by atoms with Crippen LogP contribution in [0.15, 0.2) is 73.1 Å². The number of hydrogen-bond acceptors (Lipinski definition) is 1. The SMILES string of the molecule is c1ccc2c(Cn3cnc4ccccc43)cccc2c1. The van der Waals surface area contributed by atoms with Crippen molar-refractivity contribution in [3.8, 4) is 0 Å². The summed E-state index contributed by atoms with van der Waals surface area (Å²) in [4.78, 5) is 4.46. The zero-order valence-electron chi connectivity index (χ0n) is 11.0. The maximum Gasteiger partial charge on any atom is 0.0961 e. The van der Waals surface area contributed by atoms with Gasteiger partial charge < -0.3 is 4.57 Å². The summed E-state index contributed by atoms with van der Waals surface area (Å²) in [5.74, 6) is 0. The molecule has 0 unspecified atom stereocenters. The van der Waals surface area contributed by atoms with Crippen molar-refractivity contribution in [2.24, 2.45) is 0 Å². The number of nitrogens with zero attached hydrogens (tertiary/aromatic N) is 2. The van der Waals surface area contributed by atoms with E-state index in [4.69, 9.17) is 0 Å². The molecule has 0 aliphatic carbocycles. The van der Waals surface area contributed by atoms with Gasteiger partial charge in [0.25, 0.3) is 0 Å². The Hall–Kier alpha value is -2.61. The highest BCUT2D eigenvalue weighted by Crippen LogP contribution is 2.21. The third kappa shape index (κ3) is 1.77. The van der Waals surface area contributed by atoms with Gasteiger partial charge in [-0.1, -0.05) is 54.6 Å². The van der Waals surface area contributed by atoms with E-state index in [-0.39, 0.29) is 0 Å². The fraction of sp³-hybridized carbons (Fsp3) is 0.0556. The summed E-state index contributed by atoms with van der Waals surface area (Å²) in [6.07, 6.45) is 1.92. The van der Waals surface area contributed by atoms with Crippen LogP contribution in [0.25, 0.3) is 21.8 Å². The maximum absolute atomic E-state index is 4.46. The van der Waals surface area contributed by atoms with Crippen LogP contribution in [0.5, 0.6) is 0 Å². The van der Waals surface area contributed by atoms with Crippen LogP contribution >= 0.6 is 0 Å². The molecular formula is C18H14N2. The molecule has 1 aromatic heterocycles. The van der Waals surface area contributed by atoms with Crippen LogP contribution in [-0.4, -0.2) is 9.55 Å². The predicted octanol–water partition coefficient (Wildman–Crippen LogP) is 4.24. The second kappa shape index (κ2) is 4.49. The number of rotatable bonds is 2. The van der Waals surface area contributed by atoms with Gasteiger partial charge in [-0.25, -0.2) is 4.98 Å². The minimum Gasteiger partial charge on any atom is -0.326 e. The Morgan fingerprint density at radius 2 is 1.60 bits per heavy atom. The number of para-hydroxylation sites is 2. The van der Waals surface area contributed by atoms with Crippen molar-refractivity contribution < 1.29 is 0 Å². The highest BCUT2D eigenvalue weighted by Gasteiger charge is 2.04. The summed E-state index contributed by atoms with van der Waals surface area (Å²) in [7, 11) is 0. The van der Waals surface area contributed by atoms with Crippen molar-refractivity contribution in [2.45, 2.75) is 6.54 Å². The lowest BCUT2D eigenvalue weighted by molar-refractivity contribution is 0.830. The van der Waals surface area contributed by atoms with Crippen LogP contribution < -0.4 is 0 Å². The van der Waals surface area contributed by atoms with Crippen LogP contribution in [0.2, 0.25) is 0 Å². The van der Waals surface area contributed by atoms with Gasteiger partial charge in [0, 0.05) is 6.54 Å². The van der Waals surface area contributed by atoms with Crippen molar-refractivity contribution in [3.63, 3.8) is 0 Å². The summed E-state index contributed by atoms with van der Waals surface area (Å²) in [6.45, 7) is 0.849. The number of fused-ring (bicyclic) bond motifs is 2. The molecule has 0 atom stereocenters. The van der Waals surface area contributed by atoms with Crippen molar-refractivity contribution in [1.29, 1.82) is 0 Å². The van der Waals surface area contributed by atoms with Gasteiger partial charge in [0.2, 0.25) is 0 Å². The predicted molar refractivity (Wildman–Crippen MR) is 82.8 cm³/mol. The van der Waals surface area contributed by atoms with Crippen LogP contribution in [0.4, 0.5) is 0 Å². The Morgan fingerprint density at radius 1 is 0.800 bits per heavy atom. The summed E-state index contributed by atoms with van der Waals surface area (Å²) >= 11 is 0. The molecule has 1 heterocycles. The van der Waals surface area contributed by atoms with Crippen LogP contribution in [0.3, 0.4) is 0 Å². The van der Waals surface area contributed by atoms with Gasteiger partial charge in [-0.3, -0.25) is 0 Å². The molecule has 0 amide bonds. The molecule has 3 aromatic carbocycles. The molecule has 2 heteroatoms. The van der Waals surface area contributed by atoms with Crippen molar-refractivity contribution >= 4 is 21.8 Å². The molecule has 2 nitrogen and oxygen atoms in total. The van der Waals surface area contributed by atoms with E-state index < -0.39 is 0 Å². The van der Waals surface area contributed by atoms with Gasteiger partial charge in [0.15, 0.2) is 0 Å². The van der Waals surface area contributed by atoms with Crippen molar-refractivity contribution in [3.05, 3.63) is 78.6 Å². The Balaban J connectivity index is 1.85. The van der Waals surface area contributed by atoms with Gasteiger partial charge in [-0.2, -0.15) is 0 Å². The Bertz CT molecular complexity index is 885. The molecule has 96 valence electrons. The Morgan fingerprint density at radius 3 is 2.60 bits per heavy atom. The lowest BCUT2D eigenvalue weighted by Gasteiger charge is -2.08. The number of hydrogen-bond donors (Lipinski definition) is 0. The highest BCUT2D eigenvalue weighted by atomic mass is 15.0. The fourth-order valence-corrected chi connectivity index (χ4v) is 2.75. The smallest absolute Gasteiger partial charge is 0.0961 e. The molecule has 0 fully saturated rings.